The van der Waals surface area contributed by atoms with Crippen LogP contribution in [0.3, 0.4) is 0 Å². The van der Waals surface area contributed by atoms with Gasteiger partial charge in [-0.2, -0.15) is 0 Å². The summed E-state index contributed by atoms with van der Waals surface area (Å²) < 4.78 is 15.1. The van der Waals surface area contributed by atoms with Crippen molar-refractivity contribution in [3.63, 3.8) is 0 Å². The van der Waals surface area contributed by atoms with E-state index >= 15 is 0 Å². The van der Waals surface area contributed by atoms with Crippen molar-refractivity contribution in [1.82, 2.24) is 0 Å². The van der Waals surface area contributed by atoms with E-state index in [4.69, 9.17) is 31.5 Å². The molecule has 1 aromatic carbocycles. The number of methoxy groups -OCH3 is 3. The van der Waals surface area contributed by atoms with Gasteiger partial charge in [0, 0.05) is 12.0 Å². The zero-order valence-electron chi connectivity index (χ0n) is 12.1. The molecule has 0 heterocycles. The van der Waals surface area contributed by atoms with Crippen LogP contribution in [-0.4, -0.2) is 33.3 Å². The number of benzene rings is 1. The molecule has 2 unspecified atom stereocenters. The fraction of sp³-hybridized carbons (Fsp3) is 0.500. The first-order valence-corrected chi connectivity index (χ1v) is 6.56. The Morgan fingerprint density at radius 1 is 1.30 bits per heavy atom. The SMILES string of the molecule is COC(=O)CC(c1ccc(OC)c(OC)c1Cl)C(C)N. The van der Waals surface area contributed by atoms with E-state index in [0.717, 1.165) is 5.56 Å². The van der Waals surface area contributed by atoms with Gasteiger partial charge in [0.2, 0.25) is 0 Å². The van der Waals surface area contributed by atoms with Gasteiger partial charge in [0.05, 0.1) is 32.8 Å². The lowest BCUT2D eigenvalue weighted by Crippen LogP contribution is -2.27. The van der Waals surface area contributed by atoms with Crippen molar-refractivity contribution in [2.75, 3.05) is 21.3 Å². The molecule has 0 bridgehead atoms. The van der Waals surface area contributed by atoms with Gasteiger partial charge in [-0.1, -0.05) is 17.7 Å². The highest BCUT2D eigenvalue weighted by Gasteiger charge is 2.25. The number of rotatable bonds is 6. The average molecular weight is 302 g/mol. The topological polar surface area (TPSA) is 70.8 Å². The predicted molar refractivity (Wildman–Crippen MR) is 77.6 cm³/mol. The second kappa shape index (κ2) is 7.36. The van der Waals surface area contributed by atoms with E-state index in [1.54, 1.807) is 12.1 Å². The van der Waals surface area contributed by atoms with E-state index in [-0.39, 0.29) is 24.3 Å². The zero-order valence-corrected chi connectivity index (χ0v) is 12.9. The number of carbonyl (C=O) groups excluding carboxylic acids is 1. The molecule has 0 aromatic heterocycles. The van der Waals surface area contributed by atoms with E-state index in [1.807, 2.05) is 6.92 Å². The molecule has 1 aromatic rings. The molecular weight excluding hydrogens is 282 g/mol. The van der Waals surface area contributed by atoms with Gasteiger partial charge in [0.25, 0.3) is 0 Å². The summed E-state index contributed by atoms with van der Waals surface area (Å²) in [5, 5.41) is 0.401. The van der Waals surface area contributed by atoms with Crippen LogP contribution in [0.5, 0.6) is 11.5 Å². The minimum Gasteiger partial charge on any atom is -0.493 e. The maximum atomic E-state index is 11.5. The summed E-state index contributed by atoms with van der Waals surface area (Å²) in [5.41, 5.74) is 6.70. The molecule has 0 aliphatic rings. The van der Waals surface area contributed by atoms with Gasteiger partial charge in [-0.15, -0.1) is 0 Å². The maximum absolute atomic E-state index is 11.5. The summed E-state index contributed by atoms with van der Waals surface area (Å²) in [5.74, 6) is 0.373. The molecule has 6 heteroatoms. The molecule has 0 aliphatic heterocycles. The second-order valence-corrected chi connectivity index (χ2v) is 4.83. The van der Waals surface area contributed by atoms with E-state index in [0.29, 0.717) is 16.5 Å². The molecule has 0 amide bonds. The Labute approximate surface area is 123 Å². The number of halogens is 1. The first-order valence-electron chi connectivity index (χ1n) is 6.19. The van der Waals surface area contributed by atoms with Crippen LogP contribution in [0.15, 0.2) is 12.1 Å². The van der Waals surface area contributed by atoms with Gasteiger partial charge in [-0.25, -0.2) is 0 Å². The van der Waals surface area contributed by atoms with E-state index in [1.165, 1.54) is 21.3 Å². The quantitative estimate of drug-likeness (QED) is 0.817. The van der Waals surface area contributed by atoms with Gasteiger partial charge in [0.15, 0.2) is 11.5 Å². The molecule has 1 rings (SSSR count). The maximum Gasteiger partial charge on any atom is 0.306 e. The van der Waals surface area contributed by atoms with Crippen LogP contribution in [-0.2, 0) is 9.53 Å². The Bertz CT molecular complexity index is 476. The van der Waals surface area contributed by atoms with Crippen molar-refractivity contribution in [3.05, 3.63) is 22.7 Å². The highest BCUT2D eigenvalue weighted by Crippen LogP contribution is 2.41. The Kier molecular flexibility index (Phi) is 6.10. The molecule has 0 radical (unpaired) electrons. The first kappa shape index (κ1) is 16.6. The van der Waals surface area contributed by atoms with Gasteiger partial charge in [-0.3, -0.25) is 4.79 Å². The monoisotopic (exact) mass is 301 g/mol. The summed E-state index contributed by atoms with van der Waals surface area (Å²) in [4.78, 5) is 11.5. The van der Waals surface area contributed by atoms with Gasteiger partial charge >= 0.3 is 5.97 Å². The molecule has 0 spiro atoms. The average Bonchev–Trinajstić information content (AvgIpc) is 2.44. The van der Waals surface area contributed by atoms with Gasteiger partial charge < -0.3 is 19.9 Å². The normalized spacial score (nSPS) is 13.5. The first-order chi connectivity index (χ1) is 9.46. The summed E-state index contributed by atoms with van der Waals surface area (Å²) in [6.45, 7) is 1.82. The van der Waals surface area contributed by atoms with Gasteiger partial charge in [-0.05, 0) is 18.6 Å². The lowest BCUT2D eigenvalue weighted by molar-refractivity contribution is -0.141. The number of esters is 1. The zero-order chi connectivity index (χ0) is 15.3. The minimum atomic E-state index is -0.335. The molecule has 0 saturated carbocycles. The Morgan fingerprint density at radius 3 is 2.40 bits per heavy atom. The minimum absolute atomic E-state index is 0.156. The fourth-order valence-electron chi connectivity index (χ4n) is 2.03. The Balaban J connectivity index is 3.24. The van der Waals surface area contributed by atoms with Crippen molar-refractivity contribution < 1.29 is 19.0 Å². The van der Waals surface area contributed by atoms with Crippen LogP contribution in [0.25, 0.3) is 0 Å². The number of ether oxygens (including phenoxy) is 3. The van der Waals surface area contributed by atoms with Crippen LogP contribution in [0.1, 0.15) is 24.8 Å². The highest BCUT2D eigenvalue weighted by molar-refractivity contribution is 6.33. The van der Waals surface area contributed by atoms with Crippen LogP contribution in [0.4, 0.5) is 0 Å². The highest BCUT2D eigenvalue weighted by atomic mass is 35.5. The summed E-state index contributed by atoms with van der Waals surface area (Å²) >= 11 is 6.35. The Morgan fingerprint density at radius 2 is 1.95 bits per heavy atom. The number of nitrogens with two attached hydrogens (primary N) is 1. The van der Waals surface area contributed by atoms with Crippen molar-refractivity contribution in [2.24, 2.45) is 5.73 Å². The second-order valence-electron chi connectivity index (χ2n) is 4.45. The molecule has 112 valence electrons. The third-order valence-electron chi connectivity index (χ3n) is 3.16. The standard InChI is InChI=1S/C14H20ClNO4/c1-8(16)10(7-12(17)19-3)9-5-6-11(18-2)14(20-4)13(9)15/h5-6,8,10H,7,16H2,1-4H3. The molecule has 0 fully saturated rings. The number of carbonyl (C=O) groups is 1. The largest absolute Gasteiger partial charge is 0.493 e. The Hall–Kier alpha value is -1.46. The third kappa shape index (κ3) is 3.55. The number of hydrogen-bond acceptors (Lipinski definition) is 5. The predicted octanol–water partition coefficient (Wildman–Crippen LogP) is 2.35. The number of hydrogen-bond donors (Lipinski definition) is 1. The smallest absolute Gasteiger partial charge is 0.306 e. The van der Waals surface area contributed by atoms with Gasteiger partial charge in [0.1, 0.15) is 0 Å². The summed E-state index contributed by atoms with van der Waals surface area (Å²) in [6, 6.07) is 3.28. The van der Waals surface area contributed by atoms with Crippen LogP contribution >= 0.6 is 11.6 Å². The van der Waals surface area contributed by atoms with Crippen molar-refractivity contribution in [3.8, 4) is 11.5 Å². The molecule has 20 heavy (non-hydrogen) atoms. The van der Waals surface area contributed by atoms with Crippen molar-refractivity contribution in [1.29, 1.82) is 0 Å². The molecule has 2 atom stereocenters. The van der Waals surface area contributed by atoms with Crippen LogP contribution in [0, 0.1) is 0 Å². The molecule has 5 nitrogen and oxygen atoms in total. The van der Waals surface area contributed by atoms with E-state index in [2.05, 4.69) is 0 Å². The fourth-order valence-corrected chi connectivity index (χ4v) is 2.41. The molecule has 0 aliphatic carbocycles. The van der Waals surface area contributed by atoms with Crippen LogP contribution in [0.2, 0.25) is 5.02 Å². The molecule has 2 N–H and O–H groups in total. The summed E-state index contributed by atoms with van der Waals surface area (Å²) in [7, 11) is 4.39. The van der Waals surface area contributed by atoms with E-state index < -0.39 is 0 Å². The third-order valence-corrected chi connectivity index (χ3v) is 3.55. The van der Waals surface area contributed by atoms with Crippen molar-refractivity contribution >= 4 is 17.6 Å². The molecular formula is C14H20ClNO4. The lowest BCUT2D eigenvalue weighted by Gasteiger charge is -2.23. The lowest BCUT2D eigenvalue weighted by atomic mass is 9.89. The molecule has 0 saturated heterocycles. The van der Waals surface area contributed by atoms with Crippen molar-refractivity contribution in [2.45, 2.75) is 25.3 Å². The van der Waals surface area contributed by atoms with E-state index in [9.17, 15) is 4.79 Å². The summed E-state index contributed by atoms with van der Waals surface area (Å²) in [6.07, 6.45) is 0.156. The van der Waals surface area contributed by atoms with Crippen LogP contribution < -0.4 is 15.2 Å².